The number of nitrogens with two attached hydrogens (primary N) is 1. The lowest BCUT2D eigenvalue weighted by Gasteiger charge is -2.32. The molecule has 0 bridgehead atoms. The fraction of sp³-hybridized carbons (Fsp3) is 0.737. The van der Waals surface area contributed by atoms with Crippen molar-refractivity contribution in [2.75, 3.05) is 70.9 Å². The lowest BCUT2D eigenvalue weighted by atomic mass is 10.1. The average molecular weight is 895 g/mol. The first kappa shape index (κ1) is 48.0. The van der Waals surface area contributed by atoms with Gasteiger partial charge in [0.2, 0.25) is 53.2 Å². The SMILES string of the molecule is CSCC[C@H](NC(=O)CN)C(=O)N1CCC[C@H]1C(=O)NCC(=O)N1C[C@H](O)C[C@H]1C(=O)N1CCC[C@H]1C(=O)NCC(=O)N1C[C@H](O)C[C@H]1C(=O)N1CCC[C@H]1C(=O)NCC(=O)O. The van der Waals surface area contributed by atoms with Crippen LogP contribution in [0.1, 0.15) is 57.8 Å². The van der Waals surface area contributed by atoms with Gasteiger partial charge >= 0.3 is 5.97 Å². The number of nitrogens with zero attached hydrogens (tertiary/aromatic N) is 5. The Morgan fingerprint density at radius 3 is 1.47 bits per heavy atom. The number of aliphatic carboxylic acids is 1. The molecule has 24 heteroatoms. The van der Waals surface area contributed by atoms with Crippen LogP contribution in [-0.2, 0) is 47.9 Å². The Labute approximate surface area is 362 Å². The lowest BCUT2D eigenvalue weighted by Crippen LogP contribution is -2.56. The fourth-order valence-electron chi connectivity index (χ4n) is 8.93. The summed E-state index contributed by atoms with van der Waals surface area (Å²) in [6, 6.07) is -6.04. The number of carbonyl (C=O) groups is 10. The van der Waals surface area contributed by atoms with Gasteiger partial charge in [0, 0.05) is 45.6 Å². The molecule has 0 saturated carbocycles. The Kier molecular flexibility index (Phi) is 16.9. The number of hydrogen-bond donors (Lipinski definition) is 8. The molecule has 0 unspecified atom stereocenters. The molecule has 0 aliphatic carbocycles. The summed E-state index contributed by atoms with van der Waals surface area (Å²) in [4.78, 5) is 137. The second kappa shape index (κ2) is 21.8. The van der Waals surface area contributed by atoms with Crippen LogP contribution in [0.5, 0.6) is 0 Å². The predicted molar refractivity (Wildman–Crippen MR) is 217 cm³/mol. The molecule has 0 aromatic carbocycles. The van der Waals surface area contributed by atoms with Gasteiger partial charge in [0.15, 0.2) is 0 Å². The van der Waals surface area contributed by atoms with Crippen LogP contribution >= 0.6 is 11.8 Å². The minimum Gasteiger partial charge on any atom is -0.480 e. The number of rotatable bonds is 17. The van der Waals surface area contributed by atoms with Crippen LogP contribution in [0.15, 0.2) is 0 Å². The maximum atomic E-state index is 14.0. The molecule has 0 radical (unpaired) electrons. The number of carbonyl (C=O) groups excluding carboxylic acids is 9. The van der Waals surface area contributed by atoms with Gasteiger partial charge in [-0.05, 0) is 57.0 Å². The number of amides is 9. The summed E-state index contributed by atoms with van der Waals surface area (Å²) >= 11 is 1.49. The summed E-state index contributed by atoms with van der Waals surface area (Å²) in [5, 5.41) is 39.9. The predicted octanol–water partition coefficient (Wildman–Crippen LogP) is -5.49. The minimum absolute atomic E-state index is 0.107. The Hall–Kier alpha value is -5.07. The van der Waals surface area contributed by atoms with Crippen LogP contribution < -0.4 is 27.0 Å². The van der Waals surface area contributed by atoms with Crippen molar-refractivity contribution in [1.29, 1.82) is 0 Å². The topological polar surface area (TPSA) is 322 Å². The summed E-state index contributed by atoms with van der Waals surface area (Å²) in [6.45, 7) is -1.85. The van der Waals surface area contributed by atoms with Gasteiger partial charge in [-0.3, -0.25) is 47.9 Å². The number of aliphatic hydroxyl groups excluding tert-OH is 2. The Balaban J connectivity index is 1.15. The van der Waals surface area contributed by atoms with E-state index >= 15 is 0 Å². The highest BCUT2D eigenvalue weighted by Gasteiger charge is 2.47. The maximum absolute atomic E-state index is 14.0. The normalized spacial score (nSPS) is 26.3. The van der Waals surface area contributed by atoms with Crippen molar-refractivity contribution in [2.24, 2.45) is 5.73 Å². The molecular weight excluding hydrogens is 837 g/mol. The van der Waals surface area contributed by atoms with E-state index in [-0.39, 0.29) is 65.0 Å². The first-order valence-electron chi connectivity index (χ1n) is 21.0. The highest BCUT2D eigenvalue weighted by Crippen LogP contribution is 2.28. The Bertz CT molecular complexity index is 1760. The van der Waals surface area contributed by atoms with Crippen molar-refractivity contribution < 1.29 is 63.3 Å². The van der Waals surface area contributed by atoms with Gasteiger partial charge in [0.1, 0.15) is 42.8 Å². The van der Waals surface area contributed by atoms with E-state index in [1.807, 2.05) is 6.26 Å². The van der Waals surface area contributed by atoms with Crippen LogP contribution in [0, 0.1) is 0 Å². The molecule has 0 aromatic heterocycles. The molecule has 5 saturated heterocycles. The number of likely N-dealkylation sites (tertiary alicyclic amines) is 5. The van der Waals surface area contributed by atoms with Crippen molar-refractivity contribution in [3.8, 4) is 0 Å². The fourth-order valence-corrected chi connectivity index (χ4v) is 9.40. The largest absolute Gasteiger partial charge is 0.480 e. The van der Waals surface area contributed by atoms with E-state index < -0.39 is 127 Å². The summed E-state index contributed by atoms with van der Waals surface area (Å²) < 4.78 is 0. The zero-order chi connectivity index (χ0) is 45.2. The van der Waals surface area contributed by atoms with E-state index in [2.05, 4.69) is 21.3 Å². The summed E-state index contributed by atoms with van der Waals surface area (Å²) in [7, 11) is 0. The monoisotopic (exact) mass is 894 g/mol. The van der Waals surface area contributed by atoms with Crippen LogP contribution in [0.25, 0.3) is 0 Å². The van der Waals surface area contributed by atoms with E-state index in [0.717, 1.165) is 9.80 Å². The van der Waals surface area contributed by atoms with Crippen molar-refractivity contribution >= 4 is 70.9 Å². The second-order valence-corrected chi connectivity index (χ2v) is 17.1. The Morgan fingerprint density at radius 1 is 0.629 bits per heavy atom. The first-order chi connectivity index (χ1) is 29.6. The molecular formula is C38H58N10O13S. The molecule has 344 valence electrons. The zero-order valence-electron chi connectivity index (χ0n) is 34.7. The molecule has 0 aromatic rings. The molecule has 5 rings (SSSR count). The van der Waals surface area contributed by atoms with Gasteiger partial charge in [-0.15, -0.1) is 0 Å². The molecule has 9 amide bonds. The van der Waals surface area contributed by atoms with Gasteiger partial charge < -0.3 is 66.8 Å². The van der Waals surface area contributed by atoms with Crippen LogP contribution in [-0.4, -0.2) is 218 Å². The van der Waals surface area contributed by atoms with Crippen LogP contribution in [0.4, 0.5) is 0 Å². The van der Waals surface area contributed by atoms with Crippen molar-refractivity contribution in [3.05, 3.63) is 0 Å². The molecule has 8 atom stereocenters. The molecule has 5 fully saturated rings. The number of hydrogen-bond acceptors (Lipinski definition) is 14. The molecule has 0 spiro atoms. The summed E-state index contributed by atoms with van der Waals surface area (Å²) in [5.41, 5.74) is 5.44. The van der Waals surface area contributed by atoms with Gasteiger partial charge in [0.25, 0.3) is 0 Å². The zero-order valence-corrected chi connectivity index (χ0v) is 35.5. The third-order valence-corrected chi connectivity index (χ3v) is 12.6. The average Bonchev–Trinajstić information content (AvgIpc) is 4.11. The van der Waals surface area contributed by atoms with Crippen molar-refractivity contribution in [3.63, 3.8) is 0 Å². The van der Waals surface area contributed by atoms with Crippen LogP contribution in [0.3, 0.4) is 0 Å². The number of carboxylic acid groups (broad SMARTS) is 1. The van der Waals surface area contributed by atoms with Gasteiger partial charge in [-0.25, -0.2) is 0 Å². The second-order valence-electron chi connectivity index (χ2n) is 16.1. The lowest BCUT2D eigenvalue weighted by molar-refractivity contribution is -0.148. The number of β-amino-alcohol motifs (C(OH)–C–C–N with tert-alkyl or cyclic N) is 2. The van der Waals surface area contributed by atoms with Crippen molar-refractivity contribution in [2.45, 2.75) is 106 Å². The summed E-state index contributed by atoms with van der Waals surface area (Å²) in [5.74, 6) is -6.07. The summed E-state index contributed by atoms with van der Waals surface area (Å²) in [6.07, 6.45) is 2.10. The molecule has 62 heavy (non-hydrogen) atoms. The smallest absolute Gasteiger partial charge is 0.322 e. The highest BCUT2D eigenvalue weighted by atomic mass is 32.2. The Morgan fingerprint density at radius 2 is 1.05 bits per heavy atom. The highest BCUT2D eigenvalue weighted by molar-refractivity contribution is 7.98. The molecule has 9 N–H and O–H groups in total. The standard InChI is InChI=1S/C38H58N10O13S/c1-62-12-8-23(43-29(51)15-39)36(59)44-9-2-5-24(44)33(56)40-16-30(52)47-19-21(49)13-27(47)37(60)45-10-3-6-25(45)34(57)41-17-31(53)48-20-22(50)14-28(48)38(61)46-11-4-7-26(46)35(58)42-18-32(54)55/h21-28,49-50H,2-20,39H2,1H3,(H,40,56)(H,41,57)(H,42,58)(H,43,51)(H,54,55)/t21-,22-,23+,24+,25+,26+,27+,28+/m1/s1. The first-order valence-corrected chi connectivity index (χ1v) is 22.3. The van der Waals surface area contributed by atoms with Crippen molar-refractivity contribution in [1.82, 2.24) is 45.8 Å². The maximum Gasteiger partial charge on any atom is 0.322 e. The van der Waals surface area contributed by atoms with Gasteiger partial charge in [-0.1, -0.05) is 0 Å². The van der Waals surface area contributed by atoms with E-state index in [4.69, 9.17) is 10.8 Å². The third-order valence-electron chi connectivity index (χ3n) is 12.0. The molecule has 23 nitrogen and oxygen atoms in total. The number of carboxylic acids is 1. The molecule has 5 aliphatic rings. The quantitative estimate of drug-likeness (QED) is 0.0676. The number of thioether (sulfide) groups is 1. The number of aliphatic hydroxyl groups is 2. The molecule has 5 aliphatic heterocycles. The van der Waals surface area contributed by atoms with Gasteiger partial charge in [-0.2, -0.15) is 11.8 Å². The van der Waals surface area contributed by atoms with E-state index in [9.17, 15) is 58.2 Å². The molecule has 5 heterocycles. The van der Waals surface area contributed by atoms with E-state index in [1.54, 1.807) is 0 Å². The minimum atomic E-state index is -1.25. The van der Waals surface area contributed by atoms with E-state index in [1.165, 1.54) is 26.5 Å². The van der Waals surface area contributed by atoms with Gasteiger partial charge in [0.05, 0.1) is 31.8 Å². The number of nitrogens with one attached hydrogen (secondary N) is 4. The third kappa shape index (κ3) is 11.5. The van der Waals surface area contributed by atoms with Crippen LogP contribution in [0.2, 0.25) is 0 Å². The van der Waals surface area contributed by atoms with E-state index in [0.29, 0.717) is 37.9 Å².